The third kappa shape index (κ3) is 2.16. The Balaban J connectivity index is 2.40. The lowest BCUT2D eigenvalue weighted by molar-refractivity contribution is 0.633. The summed E-state index contributed by atoms with van der Waals surface area (Å²) in [7, 11) is 1.89. The number of nitrogens with two attached hydrogens (primary N) is 1. The molecular formula is C11H13BrN4. The standard InChI is InChI=1S/C11H13BrN4/c1-16-7-8(6-14-16)11(15-13)9-4-2-3-5-10(9)12/h2-7,11,15H,13H2,1H3. The van der Waals surface area contributed by atoms with Gasteiger partial charge in [0.1, 0.15) is 0 Å². The fraction of sp³-hybridized carbons (Fsp3) is 0.182. The molecule has 1 atom stereocenters. The van der Waals surface area contributed by atoms with E-state index >= 15 is 0 Å². The van der Waals surface area contributed by atoms with Crippen LogP contribution >= 0.6 is 15.9 Å². The van der Waals surface area contributed by atoms with Gasteiger partial charge in [-0.2, -0.15) is 5.10 Å². The van der Waals surface area contributed by atoms with E-state index in [0.29, 0.717) is 0 Å². The lowest BCUT2D eigenvalue weighted by Crippen LogP contribution is -2.28. The van der Waals surface area contributed by atoms with Gasteiger partial charge in [-0.05, 0) is 11.6 Å². The molecule has 0 saturated carbocycles. The normalized spacial score (nSPS) is 12.7. The zero-order valence-electron chi connectivity index (χ0n) is 8.89. The quantitative estimate of drug-likeness (QED) is 0.665. The smallest absolute Gasteiger partial charge is 0.0751 e. The number of hydrogen-bond donors (Lipinski definition) is 2. The maximum atomic E-state index is 5.61. The van der Waals surface area contributed by atoms with E-state index in [1.54, 1.807) is 4.68 Å². The maximum absolute atomic E-state index is 5.61. The van der Waals surface area contributed by atoms with Gasteiger partial charge in [0.2, 0.25) is 0 Å². The van der Waals surface area contributed by atoms with Crippen LogP contribution in [0.25, 0.3) is 0 Å². The summed E-state index contributed by atoms with van der Waals surface area (Å²) >= 11 is 3.52. The van der Waals surface area contributed by atoms with Crippen molar-refractivity contribution in [3.8, 4) is 0 Å². The number of halogens is 1. The Labute approximate surface area is 103 Å². The molecule has 0 radical (unpaired) electrons. The first-order chi connectivity index (χ1) is 7.72. The zero-order valence-corrected chi connectivity index (χ0v) is 10.5. The molecule has 1 heterocycles. The molecule has 3 N–H and O–H groups in total. The van der Waals surface area contributed by atoms with Crippen LogP contribution in [0, 0.1) is 0 Å². The van der Waals surface area contributed by atoms with E-state index in [4.69, 9.17) is 5.84 Å². The van der Waals surface area contributed by atoms with Crippen molar-refractivity contribution in [3.05, 3.63) is 52.3 Å². The molecule has 16 heavy (non-hydrogen) atoms. The van der Waals surface area contributed by atoms with Gasteiger partial charge in [-0.25, -0.2) is 5.43 Å². The minimum atomic E-state index is -0.0516. The Morgan fingerprint density at radius 2 is 2.19 bits per heavy atom. The summed E-state index contributed by atoms with van der Waals surface area (Å²) in [4.78, 5) is 0. The molecule has 2 aromatic rings. The van der Waals surface area contributed by atoms with Crippen molar-refractivity contribution >= 4 is 15.9 Å². The highest BCUT2D eigenvalue weighted by Gasteiger charge is 2.16. The van der Waals surface area contributed by atoms with Gasteiger partial charge >= 0.3 is 0 Å². The number of aromatic nitrogens is 2. The molecule has 0 aliphatic carbocycles. The van der Waals surface area contributed by atoms with Crippen molar-refractivity contribution in [1.82, 2.24) is 15.2 Å². The first-order valence-corrected chi connectivity index (χ1v) is 5.70. The van der Waals surface area contributed by atoms with Crippen LogP contribution in [-0.2, 0) is 7.05 Å². The van der Waals surface area contributed by atoms with E-state index in [1.807, 2.05) is 43.7 Å². The monoisotopic (exact) mass is 280 g/mol. The fourth-order valence-electron chi connectivity index (χ4n) is 1.66. The number of rotatable bonds is 3. The summed E-state index contributed by atoms with van der Waals surface area (Å²) in [5.41, 5.74) is 4.94. The second kappa shape index (κ2) is 4.78. The van der Waals surface area contributed by atoms with Crippen molar-refractivity contribution in [1.29, 1.82) is 0 Å². The van der Waals surface area contributed by atoms with Gasteiger partial charge in [0.15, 0.2) is 0 Å². The Kier molecular flexibility index (Phi) is 3.38. The highest BCUT2D eigenvalue weighted by atomic mass is 79.9. The number of nitrogens with one attached hydrogen (secondary N) is 1. The SMILES string of the molecule is Cn1cc(C(NN)c2ccccc2Br)cn1. The van der Waals surface area contributed by atoms with Crippen LogP contribution in [0.5, 0.6) is 0 Å². The summed E-state index contributed by atoms with van der Waals surface area (Å²) < 4.78 is 2.79. The molecule has 1 aromatic heterocycles. The Hall–Kier alpha value is -1.17. The Morgan fingerprint density at radius 1 is 1.44 bits per heavy atom. The van der Waals surface area contributed by atoms with Crippen molar-refractivity contribution in [2.45, 2.75) is 6.04 Å². The average Bonchev–Trinajstić information content (AvgIpc) is 2.69. The molecule has 0 saturated heterocycles. The highest BCUT2D eigenvalue weighted by molar-refractivity contribution is 9.10. The van der Waals surface area contributed by atoms with Crippen molar-refractivity contribution in [2.24, 2.45) is 12.9 Å². The molecule has 2 rings (SSSR count). The van der Waals surface area contributed by atoms with Gasteiger partial charge in [0, 0.05) is 23.3 Å². The topological polar surface area (TPSA) is 55.9 Å². The van der Waals surface area contributed by atoms with Crippen LogP contribution < -0.4 is 11.3 Å². The van der Waals surface area contributed by atoms with Gasteiger partial charge in [0.25, 0.3) is 0 Å². The van der Waals surface area contributed by atoms with E-state index in [-0.39, 0.29) is 6.04 Å². The van der Waals surface area contributed by atoms with Gasteiger partial charge < -0.3 is 0 Å². The molecule has 0 amide bonds. The van der Waals surface area contributed by atoms with E-state index < -0.39 is 0 Å². The van der Waals surface area contributed by atoms with Gasteiger partial charge in [-0.15, -0.1) is 0 Å². The molecule has 4 nitrogen and oxygen atoms in total. The predicted molar refractivity (Wildman–Crippen MR) is 66.5 cm³/mol. The molecule has 0 bridgehead atoms. The number of hydrazine groups is 1. The van der Waals surface area contributed by atoms with Crippen LogP contribution in [0.4, 0.5) is 0 Å². The van der Waals surface area contributed by atoms with Gasteiger partial charge in [0.05, 0.1) is 12.2 Å². The number of nitrogens with zero attached hydrogens (tertiary/aromatic N) is 2. The summed E-state index contributed by atoms with van der Waals surface area (Å²) in [5, 5.41) is 4.15. The van der Waals surface area contributed by atoms with Crippen LogP contribution in [0.1, 0.15) is 17.2 Å². The Bertz CT molecular complexity index is 480. The minimum absolute atomic E-state index is 0.0516. The number of benzene rings is 1. The van der Waals surface area contributed by atoms with Crippen molar-refractivity contribution in [2.75, 3.05) is 0 Å². The van der Waals surface area contributed by atoms with E-state index in [1.165, 1.54) is 0 Å². The summed E-state index contributed by atoms with van der Waals surface area (Å²) in [6, 6.07) is 7.94. The van der Waals surface area contributed by atoms with E-state index in [9.17, 15) is 0 Å². The third-order valence-corrected chi connectivity index (χ3v) is 3.16. The van der Waals surface area contributed by atoms with Crippen LogP contribution in [0.3, 0.4) is 0 Å². The van der Waals surface area contributed by atoms with Crippen LogP contribution in [0.15, 0.2) is 41.1 Å². The van der Waals surface area contributed by atoms with Gasteiger partial charge in [-0.3, -0.25) is 10.5 Å². The first kappa shape index (κ1) is 11.3. The van der Waals surface area contributed by atoms with Crippen molar-refractivity contribution in [3.63, 3.8) is 0 Å². The molecule has 0 fully saturated rings. The van der Waals surface area contributed by atoms with Crippen molar-refractivity contribution < 1.29 is 0 Å². The lowest BCUT2D eigenvalue weighted by Gasteiger charge is -2.16. The van der Waals surface area contributed by atoms with E-state index in [2.05, 4.69) is 26.5 Å². The molecule has 0 aliphatic heterocycles. The lowest BCUT2D eigenvalue weighted by atomic mass is 10.0. The van der Waals surface area contributed by atoms with E-state index in [0.717, 1.165) is 15.6 Å². The Morgan fingerprint density at radius 3 is 2.75 bits per heavy atom. The van der Waals surface area contributed by atoms with Crippen LogP contribution in [-0.4, -0.2) is 9.78 Å². The van der Waals surface area contributed by atoms with Gasteiger partial charge in [-0.1, -0.05) is 34.1 Å². The minimum Gasteiger partial charge on any atom is -0.275 e. The summed E-state index contributed by atoms with van der Waals surface area (Å²) in [5.74, 6) is 5.61. The second-order valence-corrected chi connectivity index (χ2v) is 4.42. The molecule has 0 aliphatic rings. The molecule has 1 aromatic carbocycles. The fourth-order valence-corrected chi connectivity index (χ4v) is 2.18. The number of aryl methyl sites for hydroxylation is 1. The second-order valence-electron chi connectivity index (χ2n) is 3.57. The largest absolute Gasteiger partial charge is 0.275 e. The molecule has 0 spiro atoms. The summed E-state index contributed by atoms with van der Waals surface area (Å²) in [6.07, 6.45) is 3.76. The number of hydrogen-bond acceptors (Lipinski definition) is 3. The van der Waals surface area contributed by atoms with Crippen LogP contribution in [0.2, 0.25) is 0 Å². The molecular weight excluding hydrogens is 268 g/mol. The average molecular weight is 281 g/mol. The zero-order chi connectivity index (χ0) is 11.5. The maximum Gasteiger partial charge on any atom is 0.0751 e. The molecule has 84 valence electrons. The first-order valence-electron chi connectivity index (χ1n) is 4.91. The third-order valence-electron chi connectivity index (χ3n) is 2.44. The molecule has 1 unspecified atom stereocenters. The molecule has 5 heteroatoms. The highest BCUT2D eigenvalue weighted by Crippen LogP contribution is 2.27. The summed E-state index contributed by atoms with van der Waals surface area (Å²) in [6.45, 7) is 0. The predicted octanol–water partition coefficient (Wildman–Crippen LogP) is 1.74.